The molecule has 1 amide bonds. The molecule has 24 heavy (non-hydrogen) atoms. The normalized spacial score (nSPS) is 19.8. The van der Waals surface area contributed by atoms with E-state index >= 15 is 0 Å². The van der Waals surface area contributed by atoms with Crippen molar-refractivity contribution in [1.29, 1.82) is 0 Å². The molecule has 1 aromatic rings. The van der Waals surface area contributed by atoms with Crippen molar-refractivity contribution in [2.75, 3.05) is 19.0 Å². The van der Waals surface area contributed by atoms with E-state index < -0.39 is 0 Å². The number of nitrogens with one attached hydrogen (secondary N) is 1. The number of hydrogen-bond acceptors (Lipinski definition) is 2. The molecule has 2 atom stereocenters. The minimum absolute atomic E-state index is 0. The van der Waals surface area contributed by atoms with Crippen LogP contribution in [0.4, 0.5) is 5.69 Å². The molecule has 0 heterocycles. The van der Waals surface area contributed by atoms with Crippen molar-refractivity contribution in [3.63, 3.8) is 0 Å². The second-order valence-electron chi connectivity index (χ2n) is 7.01. The summed E-state index contributed by atoms with van der Waals surface area (Å²) in [5, 5.41) is 3.14. The maximum absolute atomic E-state index is 12.3. The minimum atomic E-state index is 0. The largest absolute Gasteiger partial charge is 0.385 e. The molecular weight excluding hydrogens is 298 g/mol. The van der Waals surface area contributed by atoms with E-state index in [0.29, 0.717) is 5.92 Å². The van der Waals surface area contributed by atoms with Crippen LogP contribution >= 0.6 is 0 Å². The molecule has 1 aromatic carbocycles. The first kappa shape index (κ1) is 20.7. The van der Waals surface area contributed by atoms with Crippen molar-refractivity contribution in [1.82, 2.24) is 0 Å². The van der Waals surface area contributed by atoms with Crippen LogP contribution in [0, 0.1) is 11.8 Å². The molecular formula is C21H37NO2. The summed E-state index contributed by atoms with van der Waals surface area (Å²) in [5.74, 6) is 1.61. The Balaban J connectivity index is 0.000000848. The van der Waals surface area contributed by atoms with Gasteiger partial charge >= 0.3 is 0 Å². The van der Waals surface area contributed by atoms with Crippen molar-refractivity contribution in [2.45, 2.75) is 65.7 Å². The molecule has 0 spiro atoms. The maximum Gasteiger partial charge on any atom is 0.227 e. The fraction of sp³-hybridized carbons (Fsp3) is 0.667. The average Bonchev–Trinajstić information content (AvgIpc) is 3.06. The van der Waals surface area contributed by atoms with Crippen LogP contribution in [0.1, 0.15) is 72.7 Å². The van der Waals surface area contributed by atoms with Crippen LogP contribution in [0.5, 0.6) is 0 Å². The molecule has 3 nitrogen and oxygen atoms in total. The number of carbonyl (C=O) groups excluding carboxylic acids is 1. The Morgan fingerprint density at radius 2 is 2.00 bits per heavy atom. The van der Waals surface area contributed by atoms with Gasteiger partial charge in [0.15, 0.2) is 0 Å². The molecule has 1 aliphatic rings. The Hall–Kier alpha value is -1.35. The Morgan fingerprint density at radius 1 is 1.29 bits per heavy atom. The summed E-state index contributed by atoms with van der Waals surface area (Å²) in [6.07, 6.45) is 5.64. The molecule has 1 N–H and O–H groups in total. The lowest BCUT2D eigenvalue weighted by Crippen LogP contribution is -2.21. The molecule has 0 aliphatic heterocycles. The van der Waals surface area contributed by atoms with Gasteiger partial charge in [-0.3, -0.25) is 4.79 Å². The molecule has 0 aromatic heterocycles. The number of para-hydroxylation sites is 1. The van der Waals surface area contributed by atoms with E-state index in [4.69, 9.17) is 4.74 Å². The summed E-state index contributed by atoms with van der Waals surface area (Å²) in [6.45, 7) is 9.52. The van der Waals surface area contributed by atoms with Gasteiger partial charge in [0.1, 0.15) is 0 Å². The third-order valence-corrected chi connectivity index (χ3v) is 4.74. The van der Waals surface area contributed by atoms with Gasteiger partial charge in [-0.15, -0.1) is 0 Å². The van der Waals surface area contributed by atoms with Crippen LogP contribution in [-0.2, 0) is 9.53 Å². The van der Waals surface area contributed by atoms with Gasteiger partial charge < -0.3 is 10.1 Å². The van der Waals surface area contributed by atoms with Crippen molar-refractivity contribution >= 4 is 11.6 Å². The van der Waals surface area contributed by atoms with Crippen molar-refractivity contribution in [2.24, 2.45) is 11.8 Å². The summed E-state index contributed by atoms with van der Waals surface area (Å²) in [5.41, 5.74) is 2.21. The number of hydrogen-bond donors (Lipinski definition) is 1. The third-order valence-electron chi connectivity index (χ3n) is 4.74. The van der Waals surface area contributed by atoms with Gasteiger partial charge in [0.05, 0.1) is 0 Å². The van der Waals surface area contributed by atoms with E-state index in [-0.39, 0.29) is 13.3 Å². The smallest absolute Gasteiger partial charge is 0.227 e. The Bertz CT molecular complexity index is 489. The first-order chi connectivity index (χ1) is 11.5. The quantitative estimate of drug-likeness (QED) is 0.706. The van der Waals surface area contributed by atoms with Crippen molar-refractivity contribution in [3.8, 4) is 0 Å². The zero-order valence-corrected chi connectivity index (χ0v) is 16.1. The van der Waals surface area contributed by atoms with E-state index in [2.05, 4.69) is 39.1 Å². The predicted octanol–water partition coefficient (Wildman–Crippen LogP) is 5.86. The molecule has 1 aliphatic carbocycles. The van der Waals surface area contributed by atoms with Gasteiger partial charge in [-0.1, -0.05) is 52.3 Å². The maximum atomic E-state index is 12.3. The van der Waals surface area contributed by atoms with Crippen molar-refractivity contribution < 1.29 is 11.0 Å². The van der Waals surface area contributed by atoms with E-state index in [1.165, 1.54) is 18.4 Å². The zero-order valence-electron chi connectivity index (χ0n) is 16.1. The Kier molecular flexibility index (Phi) is 9.70. The molecule has 2 unspecified atom stereocenters. The number of rotatable bonds is 6. The van der Waals surface area contributed by atoms with Gasteiger partial charge in [-0.25, -0.2) is 0 Å². The standard InChI is InChI=1S/C17H25NO.C4H10O.H2/c1-4-13-9-10-14(11-13)17(19)18-16-8-6-5-7-15(16)12(2)3;1-3-4-5-2;/h5-8,12-14H,4,9-11H2,1-3H3,(H,18,19);3-4H2,1-2H3;1H. The lowest BCUT2D eigenvalue weighted by molar-refractivity contribution is -0.119. The lowest BCUT2D eigenvalue weighted by Gasteiger charge is -2.16. The average molecular weight is 336 g/mol. The van der Waals surface area contributed by atoms with Gasteiger partial charge in [-0.2, -0.15) is 0 Å². The van der Waals surface area contributed by atoms with Crippen LogP contribution in [0.15, 0.2) is 24.3 Å². The predicted molar refractivity (Wildman–Crippen MR) is 105 cm³/mol. The minimum Gasteiger partial charge on any atom is -0.385 e. The summed E-state index contributed by atoms with van der Waals surface area (Å²) >= 11 is 0. The molecule has 1 fully saturated rings. The molecule has 0 saturated heterocycles. The molecule has 0 bridgehead atoms. The fourth-order valence-electron chi connectivity index (χ4n) is 3.24. The highest BCUT2D eigenvalue weighted by Crippen LogP contribution is 2.34. The van der Waals surface area contributed by atoms with E-state index in [1.807, 2.05) is 18.2 Å². The Morgan fingerprint density at radius 3 is 2.50 bits per heavy atom. The number of carbonyl (C=O) groups is 1. The molecule has 2 rings (SSSR count). The lowest BCUT2D eigenvalue weighted by atomic mass is 9.99. The zero-order chi connectivity index (χ0) is 17.9. The summed E-state index contributed by atoms with van der Waals surface area (Å²) < 4.78 is 4.69. The van der Waals surface area contributed by atoms with Crippen molar-refractivity contribution in [3.05, 3.63) is 29.8 Å². The number of ether oxygens (including phenoxy) is 1. The second-order valence-corrected chi connectivity index (χ2v) is 7.01. The van der Waals surface area contributed by atoms with Crippen LogP contribution in [0.2, 0.25) is 0 Å². The highest BCUT2D eigenvalue weighted by atomic mass is 16.5. The number of benzene rings is 1. The second kappa shape index (κ2) is 11.2. The van der Waals surface area contributed by atoms with E-state index in [1.54, 1.807) is 7.11 Å². The highest BCUT2D eigenvalue weighted by molar-refractivity contribution is 5.93. The van der Waals surface area contributed by atoms with Crippen LogP contribution in [-0.4, -0.2) is 19.6 Å². The number of amides is 1. The van der Waals surface area contributed by atoms with E-state index in [9.17, 15) is 4.79 Å². The Labute approximate surface area is 149 Å². The number of methoxy groups -OCH3 is 1. The van der Waals surface area contributed by atoms with E-state index in [0.717, 1.165) is 37.5 Å². The molecule has 138 valence electrons. The molecule has 0 radical (unpaired) electrons. The monoisotopic (exact) mass is 335 g/mol. The highest BCUT2D eigenvalue weighted by Gasteiger charge is 2.29. The third kappa shape index (κ3) is 6.64. The van der Waals surface area contributed by atoms with Crippen LogP contribution < -0.4 is 5.32 Å². The van der Waals surface area contributed by atoms with Gasteiger partial charge in [-0.05, 0) is 49.1 Å². The molecule has 1 saturated carbocycles. The summed E-state index contributed by atoms with van der Waals surface area (Å²) in [7, 11) is 1.71. The number of anilines is 1. The first-order valence-electron chi connectivity index (χ1n) is 9.42. The topological polar surface area (TPSA) is 38.3 Å². The van der Waals surface area contributed by atoms with Gasteiger partial charge in [0, 0.05) is 26.7 Å². The first-order valence-corrected chi connectivity index (χ1v) is 9.42. The van der Waals surface area contributed by atoms with Gasteiger partial charge in [0.25, 0.3) is 0 Å². The fourth-order valence-corrected chi connectivity index (χ4v) is 3.24. The molecule has 3 heteroatoms. The summed E-state index contributed by atoms with van der Waals surface area (Å²) in [4.78, 5) is 12.3. The van der Waals surface area contributed by atoms with Crippen LogP contribution in [0.3, 0.4) is 0 Å². The summed E-state index contributed by atoms with van der Waals surface area (Å²) in [6, 6.07) is 8.14. The van der Waals surface area contributed by atoms with Gasteiger partial charge in [0.2, 0.25) is 5.91 Å². The van der Waals surface area contributed by atoms with Crippen LogP contribution in [0.25, 0.3) is 0 Å². The SMILES string of the molecule is CCC1CCC(C(=O)Nc2ccccc2C(C)C)C1.CCCOC.[HH].